The number of carbonyl (C=O) groups excluding carboxylic acids is 1. The van der Waals surface area contributed by atoms with Crippen LogP contribution < -0.4 is 4.74 Å². The molecule has 0 bridgehead atoms. The highest BCUT2D eigenvalue weighted by Gasteiger charge is 2.42. The molecule has 1 aliphatic carbocycles. The van der Waals surface area contributed by atoms with Crippen molar-refractivity contribution in [3.63, 3.8) is 0 Å². The smallest absolute Gasteiger partial charge is 0.410 e. The molecule has 2 fully saturated rings. The zero-order valence-electron chi connectivity index (χ0n) is 20.3. The van der Waals surface area contributed by atoms with Crippen molar-refractivity contribution >= 4 is 15.9 Å². The van der Waals surface area contributed by atoms with Crippen molar-refractivity contribution in [3.8, 4) is 11.8 Å². The molecule has 1 saturated carbocycles. The van der Waals surface area contributed by atoms with Crippen LogP contribution in [-0.4, -0.2) is 74.5 Å². The second-order valence-corrected chi connectivity index (χ2v) is 12.2. The number of ether oxygens (including phenoxy) is 2. The summed E-state index contributed by atoms with van der Waals surface area (Å²) in [4.78, 5) is 16.1. The Morgan fingerprint density at radius 3 is 2.32 bits per heavy atom. The molecule has 0 radical (unpaired) electrons. The number of nitrogens with zero attached hydrogens (tertiary/aromatic N) is 3. The lowest BCUT2D eigenvalue weighted by molar-refractivity contribution is -0.00426. The molecule has 1 aromatic rings. The standard InChI is InChI=1S/C24H34FN3O5S/c1-23(2,3)33-22(29)27-11-13-28(14-12-27)24(17-26)9-7-18(8-10-24)16-32-21-6-5-19(15-20(21)25)34(4,30)31/h5-6,15,18H,7-14,16H2,1-4H3. The Morgan fingerprint density at radius 1 is 1.21 bits per heavy atom. The maximum Gasteiger partial charge on any atom is 0.410 e. The van der Waals surface area contributed by atoms with Gasteiger partial charge in [-0.1, -0.05) is 0 Å². The molecule has 0 aromatic heterocycles. The highest BCUT2D eigenvalue weighted by Crippen LogP contribution is 2.37. The van der Waals surface area contributed by atoms with Gasteiger partial charge in [0, 0.05) is 32.4 Å². The number of hydrogen-bond acceptors (Lipinski definition) is 7. The maximum atomic E-state index is 14.3. The summed E-state index contributed by atoms with van der Waals surface area (Å²) in [7, 11) is -3.48. The van der Waals surface area contributed by atoms with Crippen molar-refractivity contribution in [1.29, 1.82) is 5.26 Å². The summed E-state index contributed by atoms with van der Waals surface area (Å²) in [6, 6.07) is 6.19. The fraction of sp³-hybridized carbons (Fsp3) is 0.667. The molecule has 1 amide bonds. The van der Waals surface area contributed by atoms with Gasteiger partial charge >= 0.3 is 6.09 Å². The fourth-order valence-corrected chi connectivity index (χ4v) is 5.13. The van der Waals surface area contributed by atoms with Gasteiger partial charge < -0.3 is 14.4 Å². The third kappa shape index (κ3) is 6.39. The summed E-state index contributed by atoms with van der Waals surface area (Å²) in [5, 5.41) is 10.0. The first-order chi connectivity index (χ1) is 15.8. The fourth-order valence-electron chi connectivity index (χ4n) is 4.50. The number of carbonyl (C=O) groups is 1. The molecule has 0 spiro atoms. The molecular formula is C24H34FN3O5S. The Hall–Kier alpha value is -2.38. The number of nitriles is 1. The molecule has 34 heavy (non-hydrogen) atoms. The lowest BCUT2D eigenvalue weighted by Crippen LogP contribution is -2.59. The second-order valence-electron chi connectivity index (χ2n) is 10.2. The largest absolute Gasteiger partial charge is 0.490 e. The van der Waals surface area contributed by atoms with Gasteiger partial charge in [-0.05, 0) is 70.6 Å². The lowest BCUT2D eigenvalue weighted by Gasteiger charge is -2.46. The highest BCUT2D eigenvalue weighted by molar-refractivity contribution is 7.90. The van der Waals surface area contributed by atoms with Crippen molar-refractivity contribution in [1.82, 2.24) is 9.80 Å². The van der Waals surface area contributed by atoms with E-state index < -0.39 is 26.8 Å². The molecule has 1 heterocycles. The third-order valence-corrected chi connectivity index (χ3v) is 7.59. The normalized spacial score (nSPS) is 24.4. The van der Waals surface area contributed by atoms with E-state index in [9.17, 15) is 22.9 Å². The number of rotatable bonds is 5. The molecule has 0 atom stereocenters. The van der Waals surface area contributed by atoms with E-state index in [1.54, 1.807) is 4.90 Å². The minimum Gasteiger partial charge on any atom is -0.490 e. The zero-order chi connectivity index (χ0) is 25.1. The van der Waals surface area contributed by atoms with E-state index >= 15 is 0 Å². The van der Waals surface area contributed by atoms with Crippen LogP contribution in [0.2, 0.25) is 0 Å². The van der Waals surface area contributed by atoms with Crippen LogP contribution in [0.3, 0.4) is 0 Å². The summed E-state index contributed by atoms with van der Waals surface area (Å²) < 4.78 is 48.5. The highest BCUT2D eigenvalue weighted by atomic mass is 32.2. The number of hydrogen-bond donors (Lipinski definition) is 0. The first-order valence-corrected chi connectivity index (χ1v) is 13.5. The molecule has 1 saturated heterocycles. The van der Waals surface area contributed by atoms with Crippen molar-refractivity contribution in [2.45, 2.75) is 62.5 Å². The molecule has 0 N–H and O–H groups in total. The van der Waals surface area contributed by atoms with Crippen molar-refractivity contribution in [2.24, 2.45) is 5.92 Å². The summed E-state index contributed by atoms with van der Waals surface area (Å²) in [5.41, 5.74) is -1.11. The minimum atomic E-state index is -3.48. The van der Waals surface area contributed by atoms with Crippen molar-refractivity contribution < 1.29 is 27.1 Å². The third-order valence-electron chi connectivity index (χ3n) is 6.48. The summed E-state index contributed by atoms with van der Waals surface area (Å²) in [6.45, 7) is 8.11. The number of halogens is 1. The topological polar surface area (TPSA) is 99.9 Å². The van der Waals surface area contributed by atoms with Crippen LogP contribution in [0.4, 0.5) is 9.18 Å². The van der Waals surface area contributed by atoms with Crippen LogP contribution in [0.5, 0.6) is 5.75 Å². The van der Waals surface area contributed by atoms with Crippen LogP contribution >= 0.6 is 0 Å². The predicted molar refractivity (Wildman–Crippen MR) is 125 cm³/mol. The van der Waals surface area contributed by atoms with E-state index in [4.69, 9.17) is 9.47 Å². The van der Waals surface area contributed by atoms with E-state index in [0.717, 1.165) is 25.2 Å². The van der Waals surface area contributed by atoms with Crippen LogP contribution in [-0.2, 0) is 14.6 Å². The minimum absolute atomic E-state index is 0.0304. The summed E-state index contributed by atoms with van der Waals surface area (Å²) >= 11 is 0. The molecule has 1 aromatic carbocycles. The second kappa shape index (κ2) is 10.1. The Balaban J connectivity index is 1.51. The SMILES string of the molecule is CC(C)(C)OC(=O)N1CCN(C2(C#N)CCC(COc3ccc(S(C)(=O)=O)cc3F)CC2)CC1. The van der Waals surface area contributed by atoms with E-state index in [-0.39, 0.29) is 22.7 Å². The molecule has 188 valence electrons. The van der Waals surface area contributed by atoms with Crippen LogP contribution in [0.15, 0.2) is 23.1 Å². The summed E-state index contributed by atoms with van der Waals surface area (Å²) in [6.07, 6.45) is 3.60. The first kappa shape index (κ1) is 26.2. The Kier molecular flexibility index (Phi) is 7.78. The molecule has 1 aliphatic heterocycles. The van der Waals surface area contributed by atoms with Crippen molar-refractivity contribution in [3.05, 3.63) is 24.0 Å². The Morgan fingerprint density at radius 2 is 1.82 bits per heavy atom. The van der Waals surface area contributed by atoms with Gasteiger partial charge in [-0.15, -0.1) is 0 Å². The Bertz CT molecular complexity index is 1030. The molecule has 2 aliphatic rings. The lowest BCUT2D eigenvalue weighted by atomic mass is 9.76. The summed E-state index contributed by atoms with van der Waals surface area (Å²) in [5.74, 6) is -0.491. The molecule has 10 heteroatoms. The number of piperazine rings is 1. The molecular weight excluding hydrogens is 461 g/mol. The monoisotopic (exact) mass is 495 g/mol. The first-order valence-electron chi connectivity index (χ1n) is 11.6. The van der Waals surface area contributed by atoms with Gasteiger partial charge in [0.1, 0.15) is 11.1 Å². The molecule has 0 unspecified atom stereocenters. The van der Waals surface area contributed by atoms with E-state index in [1.165, 1.54) is 12.1 Å². The van der Waals surface area contributed by atoms with Crippen LogP contribution in [0.1, 0.15) is 46.5 Å². The van der Waals surface area contributed by atoms with Crippen molar-refractivity contribution in [2.75, 3.05) is 39.0 Å². The van der Waals surface area contributed by atoms with E-state index in [1.807, 2.05) is 20.8 Å². The Labute approximate surface area is 201 Å². The predicted octanol–water partition coefficient (Wildman–Crippen LogP) is 3.61. The number of amides is 1. The quantitative estimate of drug-likeness (QED) is 0.615. The number of sulfone groups is 1. The van der Waals surface area contributed by atoms with Crippen LogP contribution in [0.25, 0.3) is 0 Å². The zero-order valence-corrected chi connectivity index (χ0v) is 21.2. The van der Waals surface area contributed by atoms with E-state index in [2.05, 4.69) is 11.0 Å². The van der Waals surface area contributed by atoms with Gasteiger partial charge in [-0.2, -0.15) is 5.26 Å². The van der Waals surface area contributed by atoms with E-state index in [0.29, 0.717) is 45.6 Å². The number of benzene rings is 1. The maximum absolute atomic E-state index is 14.3. The molecule has 3 rings (SSSR count). The van der Waals surface area contributed by atoms with Crippen LogP contribution in [0, 0.1) is 23.1 Å². The van der Waals surface area contributed by atoms with Gasteiger partial charge in [0.05, 0.1) is 17.6 Å². The van der Waals surface area contributed by atoms with Gasteiger partial charge in [0.15, 0.2) is 21.4 Å². The van der Waals surface area contributed by atoms with Gasteiger partial charge in [-0.25, -0.2) is 17.6 Å². The van der Waals surface area contributed by atoms with Gasteiger partial charge in [0.2, 0.25) is 0 Å². The average Bonchev–Trinajstić information content (AvgIpc) is 2.77. The van der Waals surface area contributed by atoms with Gasteiger partial charge in [-0.3, -0.25) is 4.90 Å². The van der Waals surface area contributed by atoms with Gasteiger partial charge in [0.25, 0.3) is 0 Å². The molecule has 8 nitrogen and oxygen atoms in total. The average molecular weight is 496 g/mol.